The number of aromatic carboxylic acids is 1. The third-order valence-electron chi connectivity index (χ3n) is 2.74. The summed E-state index contributed by atoms with van der Waals surface area (Å²) in [4.78, 5) is 23.5. The van der Waals surface area contributed by atoms with E-state index in [1.165, 1.54) is 18.2 Å². The SMILES string of the molecule is Cc1ccc(C(=O)c2cccc(Cl)c2)c(C(=O)O)c1. The Morgan fingerprint density at radius 2 is 1.79 bits per heavy atom. The average Bonchev–Trinajstić information content (AvgIpc) is 2.37. The molecule has 3 nitrogen and oxygen atoms in total. The highest BCUT2D eigenvalue weighted by Crippen LogP contribution is 2.19. The van der Waals surface area contributed by atoms with E-state index in [0.29, 0.717) is 10.6 Å². The Labute approximate surface area is 115 Å². The molecule has 0 saturated heterocycles. The highest BCUT2D eigenvalue weighted by molar-refractivity contribution is 6.31. The number of aryl methyl sites for hydroxylation is 1. The average molecular weight is 275 g/mol. The van der Waals surface area contributed by atoms with Crippen LogP contribution in [0.5, 0.6) is 0 Å². The van der Waals surface area contributed by atoms with Crippen LogP contribution >= 0.6 is 11.6 Å². The minimum Gasteiger partial charge on any atom is -0.478 e. The first-order chi connectivity index (χ1) is 8.99. The van der Waals surface area contributed by atoms with Crippen molar-refractivity contribution in [2.24, 2.45) is 0 Å². The van der Waals surface area contributed by atoms with Gasteiger partial charge in [-0.2, -0.15) is 0 Å². The minimum atomic E-state index is -1.12. The van der Waals surface area contributed by atoms with E-state index >= 15 is 0 Å². The summed E-state index contributed by atoms with van der Waals surface area (Å²) in [6.45, 7) is 1.78. The van der Waals surface area contributed by atoms with Gasteiger partial charge in [-0.3, -0.25) is 4.79 Å². The van der Waals surface area contributed by atoms with Crippen molar-refractivity contribution in [3.05, 3.63) is 69.7 Å². The Morgan fingerprint density at radius 3 is 2.42 bits per heavy atom. The summed E-state index contributed by atoms with van der Waals surface area (Å²) >= 11 is 5.84. The van der Waals surface area contributed by atoms with Gasteiger partial charge in [0.2, 0.25) is 0 Å². The lowest BCUT2D eigenvalue weighted by Crippen LogP contribution is -2.10. The molecule has 19 heavy (non-hydrogen) atoms. The van der Waals surface area contributed by atoms with Crippen molar-refractivity contribution in [3.8, 4) is 0 Å². The van der Waals surface area contributed by atoms with E-state index < -0.39 is 5.97 Å². The number of hydrogen-bond donors (Lipinski definition) is 1. The van der Waals surface area contributed by atoms with Crippen molar-refractivity contribution < 1.29 is 14.7 Å². The topological polar surface area (TPSA) is 54.4 Å². The highest BCUT2D eigenvalue weighted by atomic mass is 35.5. The molecule has 1 N–H and O–H groups in total. The molecule has 0 spiro atoms. The molecule has 0 atom stereocenters. The maximum Gasteiger partial charge on any atom is 0.336 e. The number of carboxylic acids is 1. The molecule has 0 heterocycles. The van der Waals surface area contributed by atoms with E-state index in [1.54, 1.807) is 31.2 Å². The van der Waals surface area contributed by atoms with Crippen molar-refractivity contribution >= 4 is 23.4 Å². The Bertz CT molecular complexity index is 662. The molecular formula is C15H11ClO3. The molecule has 0 saturated carbocycles. The van der Waals surface area contributed by atoms with E-state index in [-0.39, 0.29) is 16.9 Å². The van der Waals surface area contributed by atoms with Crippen molar-refractivity contribution in [1.82, 2.24) is 0 Å². The van der Waals surface area contributed by atoms with Gasteiger partial charge in [-0.15, -0.1) is 0 Å². The van der Waals surface area contributed by atoms with Crippen molar-refractivity contribution in [1.29, 1.82) is 0 Å². The maximum absolute atomic E-state index is 12.3. The largest absolute Gasteiger partial charge is 0.478 e. The van der Waals surface area contributed by atoms with Crippen LogP contribution < -0.4 is 0 Å². The van der Waals surface area contributed by atoms with E-state index in [1.807, 2.05) is 0 Å². The number of carbonyl (C=O) groups excluding carboxylic acids is 1. The van der Waals surface area contributed by atoms with E-state index in [9.17, 15) is 9.59 Å². The van der Waals surface area contributed by atoms with Crippen LogP contribution in [0.15, 0.2) is 42.5 Å². The second kappa shape index (κ2) is 5.24. The van der Waals surface area contributed by atoms with Gasteiger partial charge in [0.15, 0.2) is 5.78 Å². The van der Waals surface area contributed by atoms with Gasteiger partial charge in [0.25, 0.3) is 0 Å². The van der Waals surface area contributed by atoms with Gasteiger partial charge >= 0.3 is 5.97 Å². The monoisotopic (exact) mass is 274 g/mol. The summed E-state index contributed by atoms with van der Waals surface area (Å²) < 4.78 is 0. The van der Waals surface area contributed by atoms with Crippen LogP contribution in [0.2, 0.25) is 5.02 Å². The van der Waals surface area contributed by atoms with Crippen LogP contribution in [-0.4, -0.2) is 16.9 Å². The predicted octanol–water partition coefficient (Wildman–Crippen LogP) is 3.58. The van der Waals surface area contributed by atoms with Crippen LogP contribution in [0.1, 0.15) is 31.8 Å². The molecule has 2 aromatic carbocycles. The Hall–Kier alpha value is -2.13. The van der Waals surface area contributed by atoms with Crippen LogP contribution in [-0.2, 0) is 0 Å². The zero-order chi connectivity index (χ0) is 14.0. The van der Waals surface area contributed by atoms with Gasteiger partial charge in [-0.05, 0) is 31.2 Å². The molecule has 96 valence electrons. The lowest BCUT2D eigenvalue weighted by molar-refractivity contribution is 0.0692. The predicted molar refractivity (Wildman–Crippen MR) is 73.0 cm³/mol. The highest BCUT2D eigenvalue weighted by Gasteiger charge is 2.18. The lowest BCUT2D eigenvalue weighted by atomic mass is 9.97. The van der Waals surface area contributed by atoms with Gasteiger partial charge in [0, 0.05) is 16.1 Å². The van der Waals surface area contributed by atoms with E-state index in [0.717, 1.165) is 5.56 Å². The fourth-order valence-electron chi connectivity index (χ4n) is 1.82. The first kappa shape index (κ1) is 13.3. The van der Waals surface area contributed by atoms with E-state index in [2.05, 4.69) is 0 Å². The number of rotatable bonds is 3. The quantitative estimate of drug-likeness (QED) is 0.871. The second-order valence-corrected chi connectivity index (χ2v) is 4.63. The first-order valence-corrected chi connectivity index (χ1v) is 6.01. The number of benzene rings is 2. The van der Waals surface area contributed by atoms with Crippen molar-refractivity contribution in [2.45, 2.75) is 6.92 Å². The molecular weight excluding hydrogens is 264 g/mol. The van der Waals surface area contributed by atoms with Gasteiger partial charge in [-0.1, -0.05) is 35.4 Å². The van der Waals surface area contributed by atoms with Crippen LogP contribution in [0.4, 0.5) is 0 Å². The summed E-state index contributed by atoms with van der Waals surface area (Å²) in [6, 6.07) is 11.2. The molecule has 0 aliphatic heterocycles. The maximum atomic E-state index is 12.3. The molecule has 0 fully saturated rings. The number of hydrogen-bond acceptors (Lipinski definition) is 2. The molecule has 0 radical (unpaired) electrons. The third kappa shape index (κ3) is 2.83. The van der Waals surface area contributed by atoms with Crippen molar-refractivity contribution in [3.63, 3.8) is 0 Å². The van der Waals surface area contributed by atoms with Crippen LogP contribution in [0, 0.1) is 6.92 Å². The first-order valence-electron chi connectivity index (χ1n) is 5.63. The summed E-state index contributed by atoms with van der Waals surface area (Å²) in [5.74, 6) is -1.46. The number of carbonyl (C=O) groups is 2. The minimum absolute atomic E-state index is 0.00461. The molecule has 2 rings (SSSR count). The van der Waals surface area contributed by atoms with Gasteiger partial charge in [0.05, 0.1) is 5.56 Å². The smallest absolute Gasteiger partial charge is 0.336 e. The summed E-state index contributed by atoms with van der Waals surface area (Å²) in [6.07, 6.45) is 0. The zero-order valence-electron chi connectivity index (χ0n) is 10.2. The number of carboxylic acid groups (broad SMARTS) is 1. The van der Waals surface area contributed by atoms with Crippen LogP contribution in [0.3, 0.4) is 0 Å². The fraction of sp³-hybridized carbons (Fsp3) is 0.0667. The molecule has 0 aliphatic rings. The zero-order valence-corrected chi connectivity index (χ0v) is 10.9. The van der Waals surface area contributed by atoms with Gasteiger partial charge < -0.3 is 5.11 Å². The Balaban J connectivity index is 2.53. The third-order valence-corrected chi connectivity index (χ3v) is 2.97. The lowest BCUT2D eigenvalue weighted by Gasteiger charge is -2.06. The number of halogens is 1. The molecule has 0 amide bonds. The normalized spacial score (nSPS) is 10.2. The molecule has 4 heteroatoms. The summed E-state index contributed by atoms with van der Waals surface area (Å²) in [5, 5.41) is 9.60. The standard InChI is InChI=1S/C15H11ClO3/c1-9-5-6-12(13(7-9)15(18)19)14(17)10-3-2-4-11(16)8-10/h2-8H,1H3,(H,18,19). The molecule has 0 aromatic heterocycles. The molecule has 0 unspecified atom stereocenters. The summed E-state index contributed by atoms with van der Waals surface area (Å²) in [7, 11) is 0. The Morgan fingerprint density at radius 1 is 1.05 bits per heavy atom. The Kier molecular flexibility index (Phi) is 3.67. The van der Waals surface area contributed by atoms with Gasteiger partial charge in [-0.25, -0.2) is 4.79 Å². The fourth-order valence-corrected chi connectivity index (χ4v) is 2.01. The summed E-state index contributed by atoms with van der Waals surface area (Å²) in [5.41, 5.74) is 1.34. The van der Waals surface area contributed by atoms with Gasteiger partial charge in [0.1, 0.15) is 0 Å². The molecule has 0 aliphatic carbocycles. The van der Waals surface area contributed by atoms with E-state index in [4.69, 9.17) is 16.7 Å². The molecule has 2 aromatic rings. The van der Waals surface area contributed by atoms with Crippen molar-refractivity contribution in [2.75, 3.05) is 0 Å². The number of ketones is 1. The van der Waals surface area contributed by atoms with Crippen LogP contribution in [0.25, 0.3) is 0 Å². The molecule has 0 bridgehead atoms. The second-order valence-electron chi connectivity index (χ2n) is 4.19.